The molecule has 0 aliphatic rings. The van der Waals surface area contributed by atoms with Crippen molar-refractivity contribution in [1.82, 2.24) is 5.32 Å². The number of hydrogen-bond donors (Lipinski definition) is 1. The van der Waals surface area contributed by atoms with Crippen LogP contribution in [0.15, 0.2) is 0 Å². The number of carbonyl (C=O) groups is 1. The number of amides is 1. The zero-order valence-electron chi connectivity index (χ0n) is 8.97. The Morgan fingerprint density at radius 2 is 1.69 bits per heavy atom. The summed E-state index contributed by atoms with van der Waals surface area (Å²) >= 11 is 0. The molecule has 0 rings (SSSR count). The first kappa shape index (κ1) is 15.1. The average molecular weight is 247 g/mol. The maximum absolute atomic E-state index is 12.5. The quantitative estimate of drug-likeness (QED) is 0.563. The lowest BCUT2D eigenvalue weighted by atomic mass is 10.2. The van der Waals surface area contributed by atoms with E-state index in [-0.39, 0.29) is 0 Å². The van der Waals surface area contributed by atoms with Gasteiger partial charge in [-0.25, -0.2) is 8.78 Å². The van der Waals surface area contributed by atoms with E-state index in [0.29, 0.717) is 0 Å². The van der Waals surface area contributed by atoms with Gasteiger partial charge in [-0.15, -0.1) is 0 Å². The molecular weight excluding hydrogens is 234 g/mol. The highest BCUT2D eigenvalue weighted by molar-refractivity contribution is 5.84. The molecule has 0 saturated carbocycles. The molecule has 1 unspecified atom stereocenters. The molecule has 0 aliphatic heterocycles. The number of methoxy groups -OCH3 is 2. The molecule has 0 heterocycles. The molecule has 1 amide bonds. The summed E-state index contributed by atoms with van der Waals surface area (Å²) < 4.78 is 58.0. The largest absolute Gasteiger partial charge is 0.383 e. The molecule has 0 radical (unpaired) electrons. The molecule has 96 valence electrons. The molecule has 0 aromatic heterocycles. The molecule has 8 heteroatoms. The van der Waals surface area contributed by atoms with Crippen LogP contribution in [-0.4, -0.2) is 44.8 Å². The van der Waals surface area contributed by atoms with Gasteiger partial charge in [-0.1, -0.05) is 0 Å². The second-order valence-corrected chi connectivity index (χ2v) is 3.03. The highest BCUT2D eigenvalue weighted by atomic mass is 19.3. The third-order valence-corrected chi connectivity index (χ3v) is 1.81. The zero-order valence-corrected chi connectivity index (χ0v) is 8.97. The Labute approximate surface area is 89.9 Å². The number of nitrogens with one attached hydrogen (secondary N) is 1. The van der Waals surface area contributed by atoms with Crippen LogP contribution in [0.1, 0.15) is 6.92 Å². The average Bonchev–Trinajstić information content (AvgIpc) is 2.18. The van der Waals surface area contributed by atoms with Crippen LogP contribution in [-0.2, 0) is 14.3 Å². The van der Waals surface area contributed by atoms with Crippen molar-refractivity contribution in [3.63, 3.8) is 0 Å². The van der Waals surface area contributed by atoms with Crippen LogP contribution in [0.5, 0.6) is 0 Å². The molecule has 16 heavy (non-hydrogen) atoms. The van der Waals surface area contributed by atoms with Crippen molar-refractivity contribution in [1.29, 1.82) is 0 Å². The predicted molar refractivity (Wildman–Crippen MR) is 46.4 cm³/mol. The molecule has 1 N–H and O–H groups in total. The molecular formula is C8H13F4NO3. The Hall–Kier alpha value is -0.890. The summed E-state index contributed by atoms with van der Waals surface area (Å²) in [5.41, 5.74) is 0. The van der Waals surface area contributed by atoms with Crippen LogP contribution in [0.4, 0.5) is 17.6 Å². The third kappa shape index (κ3) is 3.60. The molecule has 0 aliphatic carbocycles. The fourth-order valence-electron chi connectivity index (χ4n) is 0.975. The summed E-state index contributed by atoms with van der Waals surface area (Å²) in [7, 11) is 2.45. The molecule has 0 aromatic carbocycles. The van der Waals surface area contributed by atoms with Crippen molar-refractivity contribution in [2.45, 2.75) is 31.6 Å². The minimum atomic E-state index is -4.72. The van der Waals surface area contributed by atoms with E-state index < -0.39 is 30.6 Å². The Morgan fingerprint density at radius 3 is 2.00 bits per heavy atom. The van der Waals surface area contributed by atoms with Crippen molar-refractivity contribution in [2.24, 2.45) is 0 Å². The molecule has 0 fully saturated rings. The first-order valence-corrected chi connectivity index (χ1v) is 4.29. The lowest BCUT2D eigenvalue weighted by Gasteiger charge is -2.24. The number of carbonyl (C=O) groups excluding carboxylic acids is 1. The van der Waals surface area contributed by atoms with Gasteiger partial charge in [-0.05, 0) is 6.92 Å². The lowest BCUT2D eigenvalue weighted by Crippen LogP contribution is -2.52. The normalized spacial score (nSPS) is 14.3. The van der Waals surface area contributed by atoms with Crippen LogP contribution in [0.2, 0.25) is 0 Å². The molecule has 0 aromatic rings. The smallest absolute Gasteiger partial charge is 0.354 e. The minimum absolute atomic E-state index is 0.980. The molecule has 0 bridgehead atoms. The summed E-state index contributed by atoms with van der Waals surface area (Å²) in [6.07, 6.45) is -5.04. The molecule has 0 saturated heterocycles. The van der Waals surface area contributed by atoms with E-state index >= 15 is 0 Å². The van der Waals surface area contributed by atoms with Gasteiger partial charge in [0, 0.05) is 14.2 Å². The van der Waals surface area contributed by atoms with Crippen molar-refractivity contribution >= 4 is 5.91 Å². The molecule has 0 spiro atoms. The fraction of sp³-hybridized carbons (Fsp3) is 0.875. The van der Waals surface area contributed by atoms with Crippen LogP contribution in [0.3, 0.4) is 0 Å². The van der Waals surface area contributed by atoms with E-state index in [4.69, 9.17) is 0 Å². The van der Waals surface area contributed by atoms with E-state index in [1.54, 1.807) is 5.32 Å². The number of alkyl halides is 4. The fourth-order valence-corrected chi connectivity index (χ4v) is 0.975. The summed E-state index contributed by atoms with van der Waals surface area (Å²) in [5.74, 6) is -6.78. The van der Waals surface area contributed by atoms with E-state index in [0.717, 1.165) is 0 Å². The number of halogens is 4. The monoisotopic (exact) mass is 247 g/mol. The lowest BCUT2D eigenvalue weighted by molar-refractivity contribution is -0.175. The van der Waals surface area contributed by atoms with Crippen LogP contribution in [0, 0.1) is 0 Å². The van der Waals surface area contributed by atoms with Gasteiger partial charge in [0.1, 0.15) is 0 Å². The third-order valence-electron chi connectivity index (χ3n) is 1.81. The maximum atomic E-state index is 12.5. The second-order valence-electron chi connectivity index (χ2n) is 3.03. The van der Waals surface area contributed by atoms with Gasteiger partial charge < -0.3 is 14.8 Å². The zero-order chi connectivity index (χ0) is 12.9. The van der Waals surface area contributed by atoms with Crippen LogP contribution < -0.4 is 5.32 Å². The Balaban J connectivity index is 4.45. The standard InChI is InChI=1S/C8H13F4NO3/c1-4(5(15-2)16-3)13-7(14)8(11,12)6(9)10/h4-6H,1-3H3,(H,13,14). The minimum Gasteiger partial charge on any atom is -0.354 e. The van der Waals surface area contributed by atoms with Gasteiger partial charge in [0.2, 0.25) is 0 Å². The van der Waals surface area contributed by atoms with E-state index in [1.165, 1.54) is 21.1 Å². The first-order valence-electron chi connectivity index (χ1n) is 4.29. The van der Waals surface area contributed by atoms with E-state index in [9.17, 15) is 22.4 Å². The first-order chi connectivity index (χ1) is 7.27. The van der Waals surface area contributed by atoms with Crippen LogP contribution >= 0.6 is 0 Å². The highest BCUT2D eigenvalue weighted by Crippen LogP contribution is 2.23. The van der Waals surface area contributed by atoms with Gasteiger partial charge in [-0.2, -0.15) is 8.78 Å². The topological polar surface area (TPSA) is 47.6 Å². The van der Waals surface area contributed by atoms with Crippen molar-refractivity contribution in [3.05, 3.63) is 0 Å². The summed E-state index contributed by atoms with van der Waals surface area (Å²) in [4.78, 5) is 10.8. The summed E-state index contributed by atoms with van der Waals surface area (Å²) in [6.45, 7) is 1.29. The van der Waals surface area contributed by atoms with Crippen LogP contribution in [0.25, 0.3) is 0 Å². The highest BCUT2D eigenvalue weighted by Gasteiger charge is 2.49. The molecule has 1 atom stereocenters. The van der Waals surface area contributed by atoms with Gasteiger partial charge in [-0.3, -0.25) is 4.79 Å². The van der Waals surface area contributed by atoms with E-state index in [1.807, 2.05) is 0 Å². The SMILES string of the molecule is COC(OC)C(C)NC(=O)C(F)(F)C(F)F. The van der Waals surface area contributed by atoms with Crippen molar-refractivity contribution in [3.8, 4) is 0 Å². The van der Waals surface area contributed by atoms with Crippen molar-refractivity contribution in [2.75, 3.05) is 14.2 Å². The van der Waals surface area contributed by atoms with Gasteiger partial charge in [0.25, 0.3) is 5.91 Å². The summed E-state index contributed by atoms with van der Waals surface area (Å²) in [5, 5.41) is 1.68. The van der Waals surface area contributed by atoms with Crippen molar-refractivity contribution < 1.29 is 31.8 Å². The predicted octanol–water partition coefficient (Wildman–Crippen LogP) is 1.01. The summed E-state index contributed by atoms with van der Waals surface area (Å²) in [6, 6.07) is -0.980. The van der Waals surface area contributed by atoms with E-state index in [2.05, 4.69) is 9.47 Å². The number of hydrogen-bond acceptors (Lipinski definition) is 3. The second kappa shape index (κ2) is 6.00. The Morgan fingerprint density at radius 1 is 1.25 bits per heavy atom. The van der Waals surface area contributed by atoms with Gasteiger partial charge in [0.05, 0.1) is 6.04 Å². The molecule has 4 nitrogen and oxygen atoms in total. The van der Waals surface area contributed by atoms with Gasteiger partial charge >= 0.3 is 12.3 Å². The van der Waals surface area contributed by atoms with Gasteiger partial charge in [0.15, 0.2) is 6.29 Å². The Kier molecular flexibility index (Phi) is 5.66. The Bertz CT molecular complexity index is 233. The number of rotatable bonds is 6. The maximum Gasteiger partial charge on any atom is 0.383 e. The number of ether oxygens (including phenoxy) is 2.